The molecule has 2 aromatic rings. The lowest BCUT2D eigenvalue weighted by molar-refractivity contribution is -0.104. The number of ether oxygens (including phenoxy) is 1. The van der Waals surface area contributed by atoms with Crippen LogP contribution < -0.4 is 5.32 Å². The molecule has 0 aromatic carbocycles. The fourth-order valence-electron chi connectivity index (χ4n) is 6.21. The molecule has 5 nitrogen and oxygen atoms in total. The fourth-order valence-corrected chi connectivity index (χ4v) is 6.21. The van der Waals surface area contributed by atoms with Gasteiger partial charge in [0.15, 0.2) is 0 Å². The lowest BCUT2D eigenvalue weighted by Crippen LogP contribution is -2.47. The van der Waals surface area contributed by atoms with Crippen LogP contribution in [0.25, 0.3) is 0 Å². The second-order valence-electron chi connectivity index (χ2n) is 9.42. The number of nitrogens with one attached hydrogen (secondary N) is 1. The van der Waals surface area contributed by atoms with Crippen molar-refractivity contribution in [3.05, 3.63) is 48.0 Å². The molecule has 1 saturated carbocycles. The standard InChI is InChI=1S/C24H34N4O/c1-2-19-17-20(21-8-14-27-28(19)21)25-15-11-23(22-7-3-6-13-26-22)12-16-29-24(18-23)9-4-5-10-24/h3,6-8,13-14,19-20,25H,2,4-5,9-12,15-18H2,1H3. The molecule has 1 saturated heterocycles. The Labute approximate surface area is 174 Å². The summed E-state index contributed by atoms with van der Waals surface area (Å²) in [5, 5.41) is 8.44. The number of hydrogen-bond acceptors (Lipinski definition) is 4. The minimum Gasteiger partial charge on any atom is -0.375 e. The van der Waals surface area contributed by atoms with Gasteiger partial charge in [0.25, 0.3) is 0 Å². The van der Waals surface area contributed by atoms with Crippen molar-refractivity contribution >= 4 is 0 Å². The SMILES string of the molecule is CCC1CC(NCCC2(c3ccccn3)CCOC3(CCCC3)C2)c2ccnn21. The topological polar surface area (TPSA) is 52.0 Å². The fraction of sp³-hybridized carbons (Fsp3) is 0.667. The number of aromatic nitrogens is 3. The van der Waals surface area contributed by atoms with Crippen molar-refractivity contribution in [1.82, 2.24) is 20.1 Å². The average molecular weight is 395 g/mol. The van der Waals surface area contributed by atoms with E-state index < -0.39 is 0 Å². The Morgan fingerprint density at radius 1 is 1.17 bits per heavy atom. The first-order valence-corrected chi connectivity index (χ1v) is 11.6. The predicted octanol–water partition coefficient (Wildman–Crippen LogP) is 4.71. The Hall–Kier alpha value is -1.72. The Morgan fingerprint density at radius 2 is 2.07 bits per heavy atom. The molecule has 1 N–H and O–H groups in total. The van der Waals surface area contributed by atoms with E-state index in [1.807, 2.05) is 18.5 Å². The zero-order valence-corrected chi connectivity index (χ0v) is 17.6. The third-order valence-electron chi connectivity index (χ3n) is 7.75. The van der Waals surface area contributed by atoms with Crippen LogP contribution in [-0.4, -0.2) is 33.5 Å². The van der Waals surface area contributed by atoms with Crippen molar-refractivity contribution in [2.24, 2.45) is 0 Å². The minimum absolute atomic E-state index is 0.0923. The molecule has 5 rings (SSSR count). The van der Waals surface area contributed by atoms with Gasteiger partial charge >= 0.3 is 0 Å². The van der Waals surface area contributed by atoms with Crippen LogP contribution in [-0.2, 0) is 10.2 Å². The van der Waals surface area contributed by atoms with Gasteiger partial charge in [-0.2, -0.15) is 5.10 Å². The maximum atomic E-state index is 6.39. The Kier molecular flexibility index (Phi) is 5.21. The molecule has 0 amide bonds. The molecule has 29 heavy (non-hydrogen) atoms. The molecule has 4 heterocycles. The van der Waals surface area contributed by atoms with Gasteiger partial charge in [0, 0.05) is 30.1 Å². The van der Waals surface area contributed by atoms with Gasteiger partial charge in [-0.15, -0.1) is 0 Å². The third-order valence-corrected chi connectivity index (χ3v) is 7.75. The highest BCUT2D eigenvalue weighted by atomic mass is 16.5. The minimum atomic E-state index is 0.0923. The van der Waals surface area contributed by atoms with Gasteiger partial charge in [0.1, 0.15) is 0 Å². The average Bonchev–Trinajstić information content (AvgIpc) is 3.47. The van der Waals surface area contributed by atoms with Gasteiger partial charge in [-0.1, -0.05) is 25.8 Å². The highest BCUT2D eigenvalue weighted by Crippen LogP contribution is 2.49. The molecule has 2 fully saturated rings. The van der Waals surface area contributed by atoms with Gasteiger partial charge in [-0.25, -0.2) is 0 Å². The first-order valence-electron chi connectivity index (χ1n) is 11.6. The van der Waals surface area contributed by atoms with Crippen molar-refractivity contribution < 1.29 is 4.74 Å². The summed E-state index contributed by atoms with van der Waals surface area (Å²) in [6.07, 6.45) is 14.6. The van der Waals surface area contributed by atoms with E-state index in [1.54, 1.807) is 0 Å². The monoisotopic (exact) mass is 394 g/mol. The van der Waals surface area contributed by atoms with Crippen LogP contribution in [0.5, 0.6) is 0 Å². The second kappa shape index (κ2) is 7.84. The molecule has 5 heteroatoms. The Morgan fingerprint density at radius 3 is 2.86 bits per heavy atom. The van der Waals surface area contributed by atoms with E-state index in [1.165, 1.54) is 37.1 Å². The molecule has 0 bridgehead atoms. The summed E-state index contributed by atoms with van der Waals surface area (Å²) in [5.41, 5.74) is 2.83. The summed E-state index contributed by atoms with van der Waals surface area (Å²) in [7, 11) is 0. The van der Waals surface area contributed by atoms with E-state index in [0.29, 0.717) is 12.1 Å². The summed E-state index contributed by atoms with van der Waals surface area (Å²) in [5.74, 6) is 0. The third kappa shape index (κ3) is 3.53. The van der Waals surface area contributed by atoms with E-state index in [2.05, 4.69) is 40.2 Å². The lowest BCUT2D eigenvalue weighted by Gasteiger charge is -2.46. The maximum absolute atomic E-state index is 6.39. The summed E-state index contributed by atoms with van der Waals surface area (Å²) < 4.78 is 8.62. The highest BCUT2D eigenvalue weighted by molar-refractivity contribution is 5.21. The molecule has 2 aliphatic heterocycles. The first-order chi connectivity index (χ1) is 14.2. The molecule has 1 spiro atoms. The molecule has 3 aliphatic rings. The largest absolute Gasteiger partial charge is 0.375 e. The lowest BCUT2D eigenvalue weighted by atomic mass is 9.68. The summed E-state index contributed by atoms with van der Waals surface area (Å²) in [6.45, 7) is 4.14. The van der Waals surface area contributed by atoms with E-state index >= 15 is 0 Å². The predicted molar refractivity (Wildman–Crippen MR) is 114 cm³/mol. The number of hydrogen-bond donors (Lipinski definition) is 1. The summed E-state index contributed by atoms with van der Waals surface area (Å²) >= 11 is 0. The quantitative estimate of drug-likeness (QED) is 0.771. The van der Waals surface area contributed by atoms with Gasteiger partial charge < -0.3 is 10.1 Å². The molecule has 2 aromatic heterocycles. The van der Waals surface area contributed by atoms with Gasteiger partial charge in [0.05, 0.1) is 23.4 Å². The first kappa shape index (κ1) is 19.3. The molecular weight excluding hydrogens is 360 g/mol. The van der Waals surface area contributed by atoms with Crippen molar-refractivity contribution in [3.63, 3.8) is 0 Å². The van der Waals surface area contributed by atoms with E-state index in [-0.39, 0.29) is 11.0 Å². The van der Waals surface area contributed by atoms with Crippen LogP contribution in [0.3, 0.4) is 0 Å². The molecule has 156 valence electrons. The van der Waals surface area contributed by atoms with Crippen molar-refractivity contribution in [1.29, 1.82) is 0 Å². The zero-order chi connectivity index (χ0) is 19.7. The number of pyridine rings is 1. The molecule has 3 atom stereocenters. The van der Waals surface area contributed by atoms with Gasteiger partial charge in [0.2, 0.25) is 0 Å². The van der Waals surface area contributed by atoms with Crippen LogP contribution in [0.4, 0.5) is 0 Å². The Bertz CT molecular complexity index is 813. The van der Waals surface area contributed by atoms with Crippen LogP contribution in [0, 0.1) is 0 Å². The summed E-state index contributed by atoms with van der Waals surface area (Å²) in [6, 6.07) is 9.56. The highest BCUT2D eigenvalue weighted by Gasteiger charge is 2.48. The van der Waals surface area contributed by atoms with Crippen LogP contribution in [0.2, 0.25) is 0 Å². The van der Waals surface area contributed by atoms with E-state index in [4.69, 9.17) is 9.72 Å². The molecule has 3 unspecified atom stereocenters. The van der Waals surface area contributed by atoms with Crippen molar-refractivity contribution in [3.8, 4) is 0 Å². The normalized spacial score (nSPS) is 30.7. The molecule has 1 aliphatic carbocycles. The van der Waals surface area contributed by atoms with Crippen LogP contribution in [0.15, 0.2) is 36.7 Å². The molecule has 0 radical (unpaired) electrons. The van der Waals surface area contributed by atoms with Gasteiger partial charge in [-0.05, 0) is 69.7 Å². The van der Waals surface area contributed by atoms with E-state index in [0.717, 1.165) is 45.3 Å². The zero-order valence-electron chi connectivity index (χ0n) is 17.6. The van der Waals surface area contributed by atoms with Crippen LogP contribution in [0.1, 0.15) is 88.2 Å². The molecular formula is C24H34N4O. The second-order valence-corrected chi connectivity index (χ2v) is 9.42. The maximum Gasteiger partial charge on any atom is 0.0691 e. The van der Waals surface area contributed by atoms with Crippen LogP contribution >= 0.6 is 0 Å². The smallest absolute Gasteiger partial charge is 0.0691 e. The van der Waals surface area contributed by atoms with Crippen molar-refractivity contribution in [2.45, 2.75) is 87.8 Å². The summed E-state index contributed by atoms with van der Waals surface area (Å²) in [4.78, 5) is 4.84. The van der Waals surface area contributed by atoms with Crippen molar-refractivity contribution in [2.75, 3.05) is 13.2 Å². The Balaban J connectivity index is 1.32. The van der Waals surface area contributed by atoms with Gasteiger partial charge in [-0.3, -0.25) is 9.67 Å². The number of fused-ring (bicyclic) bond motifs is 1. The number of rotatable bonds is 6. The van der Waals surface area contributed by atoms with E-state index in [9.17, 15) is 0 Å². The number of nitrogens with zero attached hydrogens (tertiary/aromatic N) is 3.